The van der Waals surface area contributed by atoms with Gasteiger partial charge < -0.3 is 14.8 Å². The number of anilines is 1. The molecular weight excluding hydrogens is 396 g/mol. The molecule has 3 N–H and O–H groups in total. The van der Waals surface area contributed by atoms with Gasteiger partial charge in [-0.3, -0.25) is 4.79 Å². The number of sulfonamides is 1. The molecular formula is C20H24N2O6S. The van der Waals surface area contributed by atoms with E-state index in [4.69, 9.17) is 14.6 Å². The number of rotatable bonds is 8. The molecule has 0 unspecified atom stereocenters. The summed E-state index contributed by atoms with van der Waals surface area (Å²) in [5, 5.41) is 7.48. The van der Waals surface area contributed by atoms with Crippen molar-refractivity contribution < 1.29 is 27.5 Å². The van der Waals surface area contributed by atoms with Crippen LogP contribution in [0, 0.1) is 6.92 Å². The van der Waals surface area contributed by atoms with E-state index in [0.29, 0.717) is 11.7 Å². The summed E-state index contributed by atoms with van der Waals surface area (Å²) in [4.78, 5) is 23.6. The van der Waals surface area contributed by atoms with Crippen LogP contribution in [0.15, 0.2) is 47.4 Å². The minimum atomic E-state index is -3.89. The summed E-state index contributed by atoms with van der Waals surface area (Å²) in [7, 11) is -3.89. The summed E-state index contributed by atoms with van der Waals surface area (Å²) in [5.41, 5.74) is 2.18. The number of esters is 1. The van der Waals surface area contributed by atoms with Crippen LogP contribution < -0.4 is 15.2 Å². The van der Waals surface area contributed by atoms with Crippen LogP contribution in [0.4, 0.5) is 5.69 Å². The second-order valence-corrected chi connectivity index (χ2v) is 8.31. The molecule has 0 aliphatic carbocycles. The van der Waals surface area contributed by atoms with E-state index in [1.165, 1.54) is 24.3 Å². The Kier molecular flexibility index (Phi) is 7.35. The highest BCUT2D eigenvalue weighted by Gasteiger charge is 2.12. The van der Waals surface area contributed by atoms with E-state index in [-0.39, 0.29) is 17.2 Å². The first kappa shape index (κ1) is 22.4. The highest BCUT2D eigenvalue weighted by molar-refractivity contribution is 7.89. The molecule has 0 aliphatic heterocycles. The summed E-state index contributed by atoms with van der Waals surface area (Å²) < 4.78 is 33.1. The largest absolute Gasteiger partial charge is 0.482 e. The Morgan fingerprint density at radius 3 is 2.48 bits per heavy atom. The number of ether oxygens (including phenoxy) is 2. The van der Waals surface area contributed by atoms with E-state index in [9.17, 15) is 18.0 Å². The van der Waals surface area contributed by atoms with Crippen LogP contribution in [0.3, 0.4) is 0 Å². The third kappa shape index (κ3) is 6.88. The molecule has 2 rings (SSSR count). The minimum Gasteiger partial charge on any atom is -0.482 e. The Bertz CT molecular complexity index is 1000. The molecule has 1 amide bonds. The molecule has 0 radical (unpaired) electrons. The van der Waals surface area contributed by atoms with Gasteiger partial charge in [0, 0.05) is 5.69 Å². The smallest absolute Gasteiger partial charge is 0.344 e. The van der Waals surface area contributed by atoms with Gasteiger partial charge in [-0.15, -0.1) is 0 Å². The number of hydrogen-bond acceptors (Lipinski definition) is 6. The fraction of sp³-hybridized carbons (Fsp3) is 0.300. The van der Waals surface area contributed by atoms with Crippen LogP contribution in [0.5, 0.6) is 5.75 Å². The van der Waals surface area contributed by atoms with Crippen LogP contribution >= 0.6 is 0 Å². The molecule has 0 aliphatic rings. The van der Waals surface area contributed by atoms with Gasteiger partial charge in [-0.25, -0.2) is 18.4 Å². The predicted molar refractivity (Wildman–Crippen MR) is 108 cm³/mol. The summed E-state index contributed by atoms with van der Waals surface area (Å²) in [5.74, 6) is -0.422. The zero-order chi connectivity index (χ0) is 21.6. The molecule has 0 bridgehead atoms. The number of primary sulfonamides is 1. The number of carbonyl (C=O) groups is 2. The summed E-state index contributed by atoms with van der Waals surface area (Å²) in [6.45, 7) is 5.11. The van der Waals surface area contributed by atoms with Gasteiger partial charge in [0.25, 0.3) is 5.91 Å². The van der Waals surface area contributed by atoms with Crippen LogP contribution in [-0.4, -0.2) is 33.5 Å². The van der Waals surface area contributed by atoms with Crippen molar-refractivity contribution >= 4 is 27.6 Å². The van der Waals surface area contributed by atoms with Crippen LogP contribution in [0.1, 0.15) is 30.9 Å². The van der Waals surface area contributed by atoms with Gasteiger partial charge in [-0.2, -0.15) is 0 Å². The maximum atomic E-state index is 11.9. The number of carbonyl (C=O) groups excluding carboxylic acids is 2. The quantitative estimate of drug-likeness (QED) is 0.632. The van der Waals surface area contributed by atoms with Crippen molar-refractivity contribution in [2.45, 2.75) is 31.6 Å². The van der Waals surface area contributed by atoms with Crippen molar-refractivity contribution in [2.75, 3.05) is 18.5 Å². The number of nitrogens with one attached hydrogen (secondary N) is 1. The fourth-order valence-corrected chi connectivity index (χ4v) is 2.96. The first-order chi connectivity index (χ1) is 13.6. The standard InChI is InChI=1S/C20H24N2O6S/c1-13(2)15-8-7-14(3)18(9-15)27-12-20(24)28-11-19(23)22-16-5-4-6-17(10-16)29(21,25)26/h4-10,13H,11-12H2,1-3H3,(H,22,23)(H2,21,25,26). The lowest BCUT2D eigenvalue weighted by molar-refractivity contribution is -0.149. The SMILES string of the molecule is Cc1ccc(C(C)C)cc1OCC(=O)OCC(=O)Nc1cccc(S(N)(=O)=O)c1. The van der Waals surface area contributed by atoms with Gasteiger partial charge in [0.1, 0.15) is 5.75 Å². The normalized spacial score (nSPS) is 11.2. The summed E-state index contributed by atoms with van der Waals surface area (Å²) in [6.07, 6.45) is 0. The first-order valence-electron chi connectivity index (χ1n) is 8.88. The summed E-state index contributed by atoms with van der Waals surface area (Å²) >= 11 is 0. The fourth-order valence-electron chi connectivity index (χ4n) is 2.40. The molecule has 9 heteroatoms. The third-order valence-corrected chi connectivity index (χ3v) is 4.95. The average Bonchev–Trinajstić information content (AvgIpc) is 2.65. The maximum absolute atomic E-state index is 11.9. The van der Waals surface area contributed by atoms with Crippen LogP contribution in [0.25, 0.3) is 0 Å². The number of amides is 1. The topological polar surface area (TPSA) is 125 Å². The second kappa shape index (κ2) is 9.53. The number of hydrogen-bond donors (Lipinski definition) is 2. The number of benzene rings is 2. The minimum absolute atomic E-state index is 0.139. The molecule has 0 saturated heterocycles. The highest BCUT2D eigenvalue weighted by Crippen LogP contribution is 2.24. The Morgan fingerprint density at radius 1 is 1.10 bits per heavy atom. The van der Waals surface area contributed by atoms with Crippen molar-refractivity contribution in [3.8, 4) is 5.75 Å². The Hall–Kier alpha value is -2.91. The van der Waals surface area contributed by atoms with Crippen molar-refractivity contribution in [2.24, 2.45) is 5.14 Å². The first-order valence-corrected chi connectivity index (χ1v) is 10.4. The van der Waals surface area contributed by atoms with Gasteiger partial charge in [-0.1, -0.05) is 32.0 Å². The molecule has 2 aromatic rings. The predicted octanol–water partition coefficient (Wildman–Crippen LogP) is 2.33. The molecule has 0 aromatic heterocycles. The lowest BCUT2D eigenvalue weighted by atomic mass is 10.0. The lowest BCUT2D eigenvalue weighted by Gasteiger charge is -2.12. The van der Waals surface area contributed by atoms with Crippen molar-refractivity contribution in [1.82, 2.24) is 0 Å². The number of aryl methyl sites for hydroxylation is 1. The molecule has 0 spiro atoms. The van der Waals surface area contributed by atoms with Gasteiger partial charge >= 0.3 is 5.97 Å². The molecule has 0 saturated carbocycles. The number of nitrogens with two attached hydrogens (primary N) is 1. The van der Waals surface area contributed by atoms with Crippen LogP contribution in [0.2, 0.25) is 0 Å². The van der Waals surface area contributed by atoms with Gasteiger partial charge in [-0.05, 0) is 48.2 Å². The Morgan fingerprint density at radius 2 is 1.83 bits per heavy atom. The second-order valence-electron chi connectivity index (χ2n) is 6.75. The monoisotopic (exact) mass is 420 g/mol. The zero-order valence-corrected chi connectivity index (χ0v) is 17.3. The lowest BCUT2D eigenvalue weighted by Crippen LogP contribution is -2.24. The molecule has 29 heavy (non-hydrogen) atoms. The molecule has 2 aromatic carbocycles. The van der Waals surface area contributed by atoms with E-state index in [1.807, 2.05) is 25.1 Å². The summed E-state index contributed by atoms with van der Waals surface area (Å²) in [6, 6.07) is 11.2. The third-order valence-electron chi connectivity index (χ3n) is 4.03. The van der Waals surface area contributed by atoms with Crippen LogP contribution in [-0.2, 0) is 24.3 Å². The Balaban J connectivity index is 1.85. The molecule has 0 fully saturated rings. The molecule has 0 atom stereocenters. The van der Waals surface area contributed by atoms with Crippen molar-refractivity contribution in [3.63, 3.8) is 0 Å². The molecule has 156 valence electrons. The maximum Gasteiger partial charge on any atom is 0.344 e. The van der Waals surface area contributed by atoms with E-state index in [2.05, 4.69) is 19.2 Å². The Labute approximate surface area is 170 Å². The van der Waals surface area contributed by atoms with Gasteiger partial charge in [0.05, 0.1) is 4.90 Å². The zero-order valence-electron chi connectivity index (χ0n) is 16.5. The van der Waals surface area contributed by atoms with Gasteiger partial charge in [0.2, 0.25) is 10.0 Å². The van der Waals surface area contributed by atoms with E-state index in [0.717, 1.165) is 11.1 Å². The van der Waals surface area contributed by atoms with Crippen molar-refractivity contribution in [3.05, 3.63) is 53.6 Å². The highest BCUT2D eigenvalue weighted by atomic mass is 32.2. The van der Waals surface area contributed by atoms with E-state index < -0.39 is 28.5 Å². The molecule has 0 heterocycles. The molecule has 8 nitrogen and oxygen atoms in total. The average molecular weight is 420 g/mol. The van der Waals surface area contributed by atoms with E-state index >= 15 is 0 Å². The van der Waals surface area contributed by atoms with Crippen molar-refractivity contribution in [1.29, 1.82) is 0 Å². The van der Waals surface area contributed by atoms with E-state index in [1.54, 1.807) is 0 Å². The van der Waals surface area contributed by atoms with Gasteiger partial charge in [0.15, 0.2) is 13.2 Å².